The molecule has 12 bridgehead atoms. The molecule has 6 nitrogen and oxygen atoms in total. The summed E-state index contributed by atoms with van der Waals surface area (Å²) < 4.78 is 389. The van der Waals surface area contributed by atoms with Gasteiger partial charge in [0.25, 0.3) is 0 Å². The molecule has 12 rings (SSSR count). The van der Waals surface area contributed by atoms with Crippen LogP contribution in [0.5, 0.6) is 0 Å². The first kappa shape index (κ1) is 59.9. The zero-order chi connectivity index (χ0) is 64.9. The molecule has 90 heavy (non-hydrogen) atoms. The molecule has 6 aliphatic rings. The number of aliphatic imine (C=N–C) groups is 5. The molecule has 0 fully saturated rings. The van der Waals surface area contributed by atoms with Crippen LogP contribution in [0.2, 0.25) is 0 Å². The Kier molecular flexibility index (Phi) is 14.3. The van der Waals surface area contributed by atoms with E-state index < -0.39 is 270 Å². The Labute approximate surface area is 481 Å². The van der Waals surface area contributed by atoms with Gasteiger partial charge in [0.05, 0.1) is 79.8 Å². The van der Waals surface area contributed by atoms with Crippen molar-refractivity contribution in [2.75, 3.05) is 0 Å². The molecule has 456 valence electrons. The van der Waals surface area contributed by atoms with Crippen molar-refractivity contribution in [1.82, 2.24) is 4.98 Å². The molecule has 31 heteroatoms. The smallest absolute Gasteiger partial charge is 0.200 e. The van der Waals surface area contributed by atoms with Crippen LogP contribution in [0.4, 0.5) is 110 Å². The summed E-state index contributed by atoms with van der Waals surface area (Å²) in [5.74, 6) is -70.7. The number of rotatable bonds is 5. The lowest BCUT2D eigenvalue weighted by molar-refractivity contribution is 0.367. The fraction of sp³-hybridized carbons (Fsp3) is 0.0339. The van der Waals surface area contributed by atoms with Gasteiger partial charge in [0.1, 0.15) is 0 Å². The van der Waals surface area contributed by atoms with Crippen molar-refractivity contribution in [3.05, 3.63) is 279 Å². The number of nitrogens with one attached hydrogen (secondary N) is 1. The van der Waals surface area contributed by atoms with Crippen LogP contribution in [0.3, 0.4) is 0 Å². The van der Waals surface area contributed by atoms with E-state index in [1.165, 1.54) is 0 Å². The van der Waals surface area contributed by atoms with Gasteiger partial charge >= 0.3 is 0 Å². The van der Waals surface area contributed by atoms with Crippen molar-refractivity contribution >= 4 is 51.9 Å². The predicted molar refractivity (Wildman–Crippen MR) is 267 cm³/mol. The van der Waals surface area contributed by atoms with Gasteiger partial charge in [-0.2, -0.15) is 0 Å². The van der Waals surface area contributed by atoms with Crippen molar-refractivity contribution in [3.63, 3.8) is 0 Å². The molecule has 1 aromatic heterocycles. The first-order valence-corrected chi connectivity index (χ1v) is 24.6. The third-order valence-electron chi connectivity index (χ3n) is 14.5. The molecule has 5 aromatic carbocycles. The second-order valence-electron chi connectivity index (χ2n) is 19.3. The minimum Gasteiger partial charge on any atom is -0.353 e. The molecule has 2 atom stereocenters. The van der Waals surface area contributed by atoms with Crippen LogP contribution in [-0.4, -0.2) is 40.6 Å². The van der Waals surface area contributed by atoms with Gasteiger partial charge in [-0.25, -0.2) is 115 Å². The number of allylic oxidation sites excluding steroid dienone is 12. The van der Waals surface area contributed by atoms with Gasteiger partial charge in [0, 0.05) is 57.1 Å². The minimum absolute atomic E-state index is 0.393. The SMILES string of the molecule is Fc1c(F)c(F)c(/C2=C3C=C(C=N\3)/C(c3c(F)c(F)c(F)c(F)c3F)=C3/C=CC(=N3)c3ccc([nH]3)/C(c3c(F)c(F)c(F)c(F)c3F)=C3C=C(C=N\3)/C(c3c(F)c(F)c(F)c(F)c3F)=C3/C=CC(=N3)C(c3c(F)c(F)c(F)c(F)c3F)C3C=CC2=N3)c(F)c1F. The van der Waals surface area contributed by atoms with E-state index in [0.29, 0.717) is 48.9 Å². The number of aromatic nitrogens is 1. The second kappa shape index (κ2) is 21.5. The lowest BCUT2D eigenvalue weighted by atomic mass is 9.86. The van der Waals surface area contributed by atoms with Crippen LogP contribution >= 0.6 is 0 Å². The standard InChI is InChI=1S/C59H15F25N6/c60-35-30(36(61)46(71)55(80)45(35)70)25-13-9-24(86-11-13)29(34-43(68)53(78)59(84)54(79)44(34)69)22-8-7-20(90-22)27(32-39(64)49(74)57(82)50(75)40(32)65)19-6-5-18(89-19)26(31-37(62)47(72)56(81)48(73)38(31)63)14-10-23(85-12-14)28(33-41(66)51(76)58(83)52(77)42(33)67)21-4-2-16(88-21)15-1-3-17(25)87-15/h1-12,20,27,88H/b25-17+,26-18+,28-23-,29-24+. The third kappa shape index (κ3) is 8.80. The summed E-state index contributed by atoms with van der Waals surface area (Å²) in [5, 5.41) is 0. The van der Waals surface area contributed by atoms with Gasteiger partial charge in [0.2, 0.25) is 29.1 Å². The molecular formula is C59H15F25N6. The zero-order valence-electron chi connectivity index (χ0n) is 42.8. The average Bonchev–Trinajstić information content (AvgIpc) is 1.49. The summed E-state index contributed by atoms with van der Waals surface area (Å²) in [5.41, 5.74) is -25.7. The first-order chi connectivity index (χ1) is 42.6. The molecule has 0 aliphatic carbocycles. The third-order valence-corrected chi connectivity index (χ3v) is 14.5. The lowest BCUT2D eigenvalue weighted by Gasteiger charge is -2.22. The summed E-state index contributed by atoms with van der Waals surface area (Å²) in [4.78, 5) is 22.3. The number of benzene rings is 5. The predicted octanol–water partition coefficient (Wildman–Crippen LogP) is 16.1. The van der Waals surface area contributed by atoms with Crippen LogP contribution in [0.1, 0.15) is 45.1 Å². The molecule has 6 aliphatic heterocycles. The van der Waals surface area contributed by atoms with Gasteiger partial charge in [-0.15, -0.1) is 0 Å². The lowest BCUT2D eigenvalue weighted by Crippen LogP contribution is -2.25. The monoisotopic (exact) mass is 1280 g/mol. The molecule has 0 saturated heterocycles. The molecule has 7 heterocycles. The quantitative estimate of drug-likeness (QED) is 0.101. The van der Waals surface area contributed by atoms with Crippen molar-refractivity contribution in [3.8, 4) is 0 Å². The summed E-state index contributed by atoms with van der Waals surface area (Å²) >= 11 is 0. The molecule has 0 amide bonds. The van der Waals surface area contributed by atoms with E-state index in [2.05, 4.69) is 29.9 Å². The normalized spacial score (nSPS) is 21.0. The highest BCUT2D eigenvalue weighted by Gasteiger charge is 2.42. The van der Waals surface area contributed by atoms with Gasteiger partial charge < -0.3 is 4.98 Å². The Morgan fingerprint density at radius 3 is 1.08 bits per heavy atom. The van der Waals surface area contributed by atoms with E-state index in [4.69, 9.17) is 0 Å². The Morgan fingerprint density at radius 1 is 0.300 bits per heavy atom. The van der Waals surface area contributed by atoms with Crippen LogP contribution in [0, 0.1) is 145 Å². The summed E-state index contributed by atoms with van der Waals surface area (Å²) in [6.07, 6.45) is 5.37. The Balaban J connectivity index is 1.24. The molecule has 1 N–H and O–H groups in total. The van der Waals surface area contributed by atoms with Crippen molar-refractivity contribution in [2.24, 2.45) is 25.0 Å². The van der Waals surface area contributed by atoms with E-state index in [-0.39, 0.29) is 0 Å². The Morgan fingerprint density at radius 2 is 0.644 bits per heavy atom. The molecule has 0 radical (unpaired) electrons. The fourth-order valence-corrected chi connectivity index (χ4v) is 10.4. The van der Waals surface area contributed by atoms with Crippen molar-refractivity contribution < 1.29 is 110 Å². The molecule has 6 aromatic rings. The van der Waals surface area contributed by atoms with Crippen molar-refractivity contribution in [1.29, 1.82) is 0 Å². The highest BCUT2D eigenvalue weighted by atomic mass is 19.2. The van der Waals surface area contributed by atoms with Gasteiger partial charge in [-0.1, -0.05) is 6.08 Å². The second-order valence-corrected chi connectivity index (χ2v) is 19.3. The zero-order valence-corrected chi connectivity index (χ0v) is 42.8. The number of hydrogen-bond donors (Lipinski definition) is 1. The first-order valence-electron chi connectivity index (χ1n) is 24.6. The number of aromatic amines is 1. The largest absolute Gasteiger partial charge is 0.353 e. The van der Waals surface area contributed by atoms with E-state index >= 15 is 87.8 Å². The molecular weight excluding hydrogens is 1270 g/mol. The van der Waals surface area contributed by atoms with E-state index in [1.54, 1.807) is 0 Å². The van der Waals surface area contributed by atoms with Gasteiger partial charge in [-0.05, 0) is 54.7 Å². The van der Waals surface area contributed by atoms with Crippen LogP contribution in [0.15, 0.2) is 120 Å². The van der Waals surface area contributed by atoms with Crippen LogP contribution < -0.4 is 0 Å². The average molecular weight is 1280 g/mol. The number of hydrogen-bond acceptors (Lipinski definition) is 5. The summed E-state index contributed by atoms with van der Waals surface area (Å²) in [6.45, 7) is 0. The van der Waals surface area contributed by atoms with Gasteiger partial charge in [-0.3, -0.25) is 20.0 Å². The molecule has 0 saturated carbocycles. The highest BCUT2D eigenvalue weighted by Crippen LogP contribution is 2.47. The molecule has 2 unspecified atom stereocenters. The highest BCUT2D eigenvalue weighted by molar-refractivity contribution is 6.32. The maximum atomic E-state index is 16.3. The molecule has 0 spiro atoms. The summed E-state index contributed by atoms with van der Waals surface area (Å²) in [6, 6.07) is -0.778. The number of nitrogens with zero attached hydrogens (tertiary/aromatic N) is 5. The number of halogens is 25. The van der Waals surface area contributed by atoms with Crippen LogP contribution in [-0.2, 0) is 0 Å². The van der Waals surface area contributed by atoms with Gasteiger partial charge in [0.15, 0.2) is 116 Å². The minimum atomic E-state index is -2.83. The van der Waals surface area contributed by atoms with Crippen molar-refractivity contribution in [2.45, 2.75) is 12.0 Å². The Bertz CT molecular complexity index is 4740. The topological polar surface area (TPSA) is 77.6 Å². The number of H-pyrrole nitrogens is 1. The van der Waals surface area contributed by atoms with Crippen LogP contribution in [0.25, 0.3) is 22.3 Å². The number of fused-ring (bicyclic) bond motifs is 8. The van der Waals surface area contributed by atoms with E-state index in [1.807, 2.05) is 0 Å². The Hall–Kier alpha value is -10.4. The fourth-order valence-electron chi connectivity index (χ4n) is 10.4. The maximum Gasteiger partial charge on any atom is 0.200 e. The summed E-state index contributed by atoms with van der Waals surface area (Å²) in [7, 11) is 0. The maximum absolute atomic E-state index is 16.3. The van der Waals surface area contributed by atoms with E-state index in [0.717, 1.165) is 24.3 Å². The van der Waals surface area contributed by atoms with E-state index in [9.17, 15) is 22.0 Å².